The molecule has 0 saturated heterocycles. The molecule has 0 unspecified atom stereocenters. The zero-order valence-corrected chi connectivity index (χ0v) is 29.6. The van der Waals surface area contributed by atoms with Crippen LogP contribution < -0.4 is 12.4 Å². The van der Waals surface area contributed by atoms with Crippen molar-refractivity contribution >= 4 is 0 Å². The molecule has 0 amide bonds. The minimum Gasteiger partial charge on any atom is -1.00 e. The molecule has 0 aliphatic rings. The monoisotopic (exact) mass is 586 g/mol. The summed E-state index contributed by atoms with van der Waals surface area (Å²) >= 11 is 0. The standard InChI is InChI=1S/C38H80N.ClH/c1-5-7-9-11-13-15-17-19-20-21-22-23-24-25-26-28-30-32-34-36-38-39(3,4)37-35-33-31-29-27-18-16-14-12-10-8-6-2;/h5-38H2,1-4H3;1H/q+1;/p-1. The molecule has 0 aromatic rings. The van der Waals surface area contributed by atoms with E-state index in [1.807, 2.05) is 0 Å². The lowest BCUT2D eigenvalue weighted by molar-refractivity contribution is -0.890. The van der Waals surface area contributed by atoms with E-state index in [1.54, 1.807) is 0 Å². The fourth-order valence-corrected chi connectivity index (χ4v) is 6.29. The summed E-state index contributed by atoms with van der Waals surface area (Å²) in [6.07, 6.45) is 46.9. The van der Waals surface area contributed by atoms with E-state index >= 15 is 0 Å². The van der Waals surface area contributed by atoms with Gasteiger partial charge in [-0.1, -0.05) is 194 Å². The first-order valence-corrected chi connectivity index (χ1v) is 18.9. The number of hydrogen-bond acceptors (Lipinski definition) is 0. The molecule has 0 aliphatic carbocycles. The Morgan fingerprint density at radius 2 is 0.400 bits per heavy atom. The molecular formula is C38H80ClN. The van der Waals surface area contributed by atoms with Gasteiger partial charge < -0.3 is 16.9 Å². The van der Waals surface area contributed by atoms with Gasteiger partial charge >= 0.3 is 0 Å². The molecule has 0 aromatic carbocycles. The maximum atomic E-state index is 2.47. The molecule has 0 aliphatic heterocycles. The average molecular weight is 587 g/mol. The molecule has 0 radical (unpaired) electrons. The smallest absolute Gasteiger partial charge is 0.0782 e. The molecule has 0 fully saturated rings. The van der Waals surface area contributed by atoms with E-state index < -0.39 is 0 Å². The summed E-state index contributed by atoms with van der Waals surface area (Å²) in [7, 11) is 4.93. The van der Waals surface area contributed by atoms with Gasteiger partial charge in [-0.2, -0.15) is 0 Å². The second kappa shape index (κ2) is 35.4. The van der Waals surface area contributed by atoms with Crippen LogP contribution in [-0.4, -0.2) is 31.7 Å². The molecule has 0 aromatic heterocycles. The second-order valence-electron chi connectivity index (χ2n) is 14.0. The Balaban J connectivity index is 0. The SMILES string of the molecule is CCCCCCCCCCCCCCCCCCCCCC[N+](C)(C)CCCCCCCCCCCCCC.[Cl-]. The highest BCUT2D eigenvalue weighted by Gasteiger charge is 2.13. The summed E-state index contributed by atoms with van der Waals surface area (Å²) in [5.41, 5.74) is 0. The van der Waals surface area contributed by atoms with Gasteiger partial charge in [0.05, 0.1) is 27.2 Å². The second-order valence-corrected chi connectivity index (χ2v) is 14.0. The van der Waals surface area contributed by atoms with Crippen LogP contribution in [0.15, 0.2) is 0 Å². The van der Waals surface area contributed by atoms with Crippen LogP contribution >= 0.6 is 0 Å². The number of hydrogen-bond donors (Lipinski definition) is 0. The number of quaternary nitrogens is 1. The van der Waals surface area contributed by atoms with Crippen molar-refractivity contribution < 1.29 is 16.9 Å². The molecule has 0 rings (SSSR count). The summed E-state index contributed by atoms with van der Waals surface area (Å²) in [5.74, 6) is 0. The first-order valence-electron chi connectivity index (χ1n) is 18.9. The first-order chi connectivity index (χ1) is 19.1. The van der Waals surface area contributed by atoms with Crippen LogP contribution in [0.4, 0.5) is 0 Å². The Morgan fingerprint density at radius 1 is 0.250 bits per heavy atom. The number of rotatable bonds is 34. The van der Waals surface area contributed by atoms with Crippen molar-refractivity contribution in [1.29, 1.82) is 0 Å². The number of unbranched alkanes of at least 4 members (excludes halogenated alkanes) is 30. The van der Waals surface area contributed by atoms with E-state index in [4.69, 9.17) is 0 Å². The third-order valence-corrected chi connectivity index (χ3v) is 9.23. The van der Waals surface area contributed by atoms with Gasteiger partial charge in [-0.15, -0.1) is 0 Å². The van der Waals surface area contributed by atoms with E-state index in [-0.39, 0.29) is 12.4 Å². The van der Waals surface area contributed by atoms with Crippen molar-refractivity contribution in [1.82, 2.24) is 0 Å². The van der Waals surface area contributed by atoms with Gasteiger partial charge in [0.2, 0.25) is 0 Å². The minimum absolute atomic E-state index is 0. The fraction of sp³-hybridized carbons (Fsp3) is 1.00. The third kappa shape index (κ3) is 36.3. The van der Waals surface area contributed by atoms with Crippen LogP contribution in [0.5, 0.6) is 0 Å². The van der Waals surface area contributed by atoms with E-state index in [0.29, 0.717) is 0 Å². The van der Waals surface area contributed by atoms with Gasteiger partial charge in [0.1, 0.15) is 0 Å². The van der Waals surface area contributed by atoms with Gasteiger partial charge in [-0.05, 0) is 25.7 Å². The lowest BCUT2D eigenvalue weighted by Crippen LogP contribution is -3.00. The topological polar surface area (TPSA) is 0 Å². The third-order valence-electron chi connectivity index (χ3n) is 9.23. The number of nitrogens with zero attached hydrogens (tertiary/aromatic N) is 1. The minimum atomic E-state index is 0. The maximum absolute atomic E-state index is 2.47. The molecule has 0 bridgehead atoms. The van der Waals surface area contributed by atoms with Gasteiger partial charge in [0.25, 0.3) is 0 Å². The highest BCUT2D eigenvalue weighted by atomic mass is 35.5. The molecular weight excluding hydrogens is 506 g/mol. The van der Waals surface area contributed by atoms with Crippen LogP contribution in [-0.2, 0) is 0 Å². The van der Waals surface area contributed by atoms with Crippen molar-refractivity contribution in [2.45, 2.75) is 219 Å². The van der Waals surface area contributed by atoms with Gasteiger partial charge in [-0.25, -0.2) is 0 Å². The summed E-state index contributed by atoms with van der Waals surface area (Å²) in [6, 6.07) is 0. The van der Waals surface area contributed by atoms with Crippen molar-refractivity contribution in [3.8, 4) is 0 Å². The van der Waals surface area contributed by atoms with Crippen molar-refractivity contribution in [2.75, 3.05) is 27.2 Å². The molecule has 0 spiro atoms. The highest BCUT2D eigenvalue weighted by Crippen LogP contribution is 2.16. The zero-order valence-electron chi connectivity index (χ0n) is 28.9. The van der Waals surface area contributed by atoms with E-state index in [2.05, 4.69) is 27.9 Å². The van der Waals surface area contributed by atoms with Gasteiger partial charge in [0, 0.05) is 0 Å². The quantitative estimate of drug-likeness (QED) is 0.0520. The van der Waals surface area contributed by atoms with E-state index in [0.717, 1.165) is 0 Å². The van der Waals surface area contributed by atoms with Gasteiger partial charge in [-0.3, -0.25) is 0 Å². The Labute approximate surface area is 262 Å². The molecule has 0 saturated carbocycles. The predicted molar refractivity (Wildman–Crippen MR) is 181 cm³/mol. The molecule has 0 heterocycles. The molecule has 1 nitrogen and oxygen atoms in total. The Morgan fingerprint density at radius 3 is 0.575 bits per heavy atom. The molecule has 0 atom stereocenters. The molecule has 2 heteroatoms. The molecule has 0 N–H and O–H groups in total. The van der Waals surface area contributed by atoms with E-state index in [9.17, 15) is 0 Å². The van der Waals surface area contributed by atoms with E-state index in [1.165, 1.54) is 223 Å². The summed E-state index contributed by atoms with van der Waals surface area (Å²) in [5, 5.41) is 0. The predicted octanol–water partition coefficient (Wildman–Crippen LogP) is 10.6. The Hall–Kier alpha value is 0.250. The van der Waals surface area contributed by atoms with Crippen molar-refractivity contribution in [3.05, 3.63) is 0 Å². The van der Waals surface area contributed by atoms with Crippen LogP contribution in [0.25, 0.3) is 0 Å². The van der Waals surface area contributed by atoms with Crippen LogP contribution in [0.3, 0.4) is 0 Å². The Kier molecular flexibility index (Phi) is 37.6. The lowest BCUT2D eigenvalue weighted by atomic mass is 10.0. The first kappa shape index (κ1) is 42.4. The van der Waals surface area contributed by atoms with Crippen molar-refractivity contribution in [3.63, 3.8) is 0 Å². The lowest BCUT2D eigenvalue weighted by Gasteiger charge is -2.30. The Bertz CT molecular complexity index is 435. The summed E-state index contributed by atoms with van der Waals surface area (Å²) in [4.78, 5) is 0. The summed E-state index contributed by atoms with van der Waals surface area (Å²) < 4.78 is 1.25. The summed E-state index contributed by atoms with van der Waals surface area (Å²) in [6.45, 7) is 7.39. The maximum Gasteiger partial charge on any atom is 0.0782 e. The average Bonchev–Trinajstić information content (AvgIpc) is 2.92. The largest absolute Gasteiger partial charge is 1.00 e. The highest BCUT2D eigenvalue weighted by molar-refractivity contribution is 4.52. The van der Waals surface area contributed by atoms with Crippen LogP contribution in [0.1, 0.15) is 219 Å². The van der Waals surface area contributed by atoms with Crippen LogP contribution in [0, 0.1) is 0 Å². The molecule has 244 valence electrons. The normalized spacial score (nSPS) is 11.7. The molecule has 40 heavy (non-hydrogen) atoms. The van der Waals surface area contributed by atoms with Crippen molar-refractivity contribution in [2.24, 2.45) is 0 Å². The van der Waals surface area contributed by atoms with Gasteiger partial charge in [0.15, 0.2) is 0 Å². The zero-order chi connectivity index (χ0) is 28.5. The fourth-order valence-electron chi connectivity index (χ4n) is 6.29. The van der Waals surface area contributed by atoms with Crippen LogP contribution in [0.2, 0.25) is 0 Å². The number of halogens is 1.